The van der Waals surface area contributed by atoms with E-state index in [0.29, 0.717) is 51.0 Å². The quantitative estimate of drug-likeness (QED) is 0.124. The molecule has 57 heavy (non-hydrogen) atoms. The molecule has 0 saturated heterocycles. The van der Waals surface area contributed by atoms with Crippen LogP contribution in [0.3, 0.4) is 0 Å². The van der Waals surface area contributed by atoms with Gasteiger partial charge in [0, 0.05) is 54.5 Å². The zero-order valence-corrected chi connectivity index (χ0v) is 32.9. The highest BCUT2D eigenvalue weighted by molar-refractivity contribution is 6.07. The molecule has 0 amide bonds. The highest BCUT2D eigenvalue weighted by Gasteiger charge is 2.29. The number of hydrogen-bond donors (Lipinski definition) is 0. The lowest BCUT2D eigenvalue weighted by Gasteiger charge is -2.30. The molecule has 2 aromatic heterocycles. The first-order chi connectivity index (χ1) is 27.4. The summed E-state index contributed by atoms with van der Waals surface area (Å²) in [5.74, 6) is 2.23. The molecule has 2 aliphatic heterocycles. The Morgan fingerprint density at radius 1 is 0.561 bits per heavy atom. The monoisotopic (exact) mass is 754 g/mol. The van der Waals surface area contributed by atoms with Crippen molar-refractivity contribution in [2.75, 3.05) is 13.2 Å². The van der Waals surface area contributed by atoms with Crippen molar-refractivity contribution < 1.29 is 18.9 Å². The van der Waals surface area contributed by atoms with Gasteiger partial charge in [-0.3, -0.25) is 9.59 Å². The topological polar surface area (TPSA) is 80.9 Å². The normalized spacial score (nSPS) is 15.3. The number of nitrogens with zero attached hydrogens (tertiary/aromatic N) is 2. The molecule has 6 aromatic carbocycles. The zero-order valence-electron chi connectivity index (χ0n) is 32.9. The Hall–Kier alpha value is -6.54. The Kier molecular flexibility index (Phi) is 7.65. The lowest BCUT2D eigenvalue weighted by Crippen LogP contribution is -2.28. The average Bonchev–Trinajstić information content (AvgIpc) is 3.19. The number of benzene rings is 6. The van der Waals surface area contributed by atoms with Gasteiger partial charge < -0.3 is 28.1 Å². The van der Waals surface area contributed by atoms with Gasteiger partial charge in [0.1, 0.15) is 34.2 Å². The van der Waals surface area contributed by atoms with Crippen LogP contribution in [-0.4, -0.2) is 33.6 Å². The molecule has 0 radical (unpaired) electrons. The first kappa shape index (κ1) is 34.9. The van der Waals surface area contributed by atoms with E-state index in [1.165, 1.54) is 0 Å². The molecule has 0 unspecified atom stereocenters. The lowest BCUT2D eigenvalue weighted by molar-refractivity contribution is 0.158. The highest BCUT2D eigenvalue weighted by atomic mass is 16.5. The first-order valence-electron chi connectivity index (χ1n) is 19.4. The smallest absolute Gasteiger partial charge is 0.201 e. The van der Waals surface area contributed by atoms with Crippen molar-refractivity contribution in [3.05, 3.63) is 129 Å². The minimum atomic E-state index is -0.528. The molecular formula is C49H42N2O6. The molecule has 8 heteroatoms. The Morgan fingerprint density at radius 3 is 1.35 bits per heavy atom. The largest absolute Gasteiger partial charge is 0.492 e. The Morgan fingerprint density at radius 2 is 0.947 bits per heavy atom. The van der Waals surface area contributed by atoms with E-state index < -0.39 is 11.2 Å². The van der Waals surface area contributed by atoms with Crippen LogP contribution in [0.25, 0.3) is 77.3 Å². The Bertz CT molecular complexity index is 3020. The summed E-state index contributed by atoms with van der Waals surface area (Å²) in [4.78, 5) is 28.9. The molecule has 284 valence electrons. The molecule has 0 atom stereocenters. The second-order valence-corrected chi connectivity index (χ2v) is 16.4. The van der Waals surface area contributed by atoms with E-state index in [9.17, 15) is 9.59 Å². The predicted molar refractivity (Wildman–Crippen MR) is 231 cm³/mol. The van der Waals surface area contributed by atoms with Gasteiger partial charge in [0.25, 0.3) is 0 Å². The summed E-state index contributed by atoms with van der Waals surface area (Å²) in [6, 6.07) is 27.9. The van der Waals surface area contributed by atoms with Crippen LogP contribution in [0, 0.1) is 0 Å². The third-order valence-electron chi connectivity index (χ3n) is 11.4. The van der Waals surface area contributed by atoms with Gasteiger partial charge in [0.2, 0.25) is 10.9 Å². The molecule has 2 aliphatic rings. The van der Waals surface area contributed by atoms with Gasteiger partial charge >= 0.3 is 0 Å². The Balaban J connectivity index is 1.03. The molecule has 0 spiro atoms. The molecule has 4 heterocycles. The van der Waals surface area contributed by atoms with E-state index in [0.717, 1.165) is 54.7 Å². The number of aromatic nitrogens is 2. The maximum Gasteiger partial charge on any atom is 0.201 e. The van der Waals surface area contributed by atoms with Crippen LogP contribution in [-0.2, 0) is 14.1 Å². The van der Waals surface area contributed by atoms with Crippen molar-refractivity contribution in [1.82, 2.24) is 9.13 Å². The number of aryl methyl sites for hydroxylation is 2. The molecule has 0 bridgehead atoms. The van der Waals surface area contributed by atoms with Crippen LogP contribution in [0.4, 0.5) is 0 Å². The summed E-state index contributed by atoms with van der Waals surface area (Å²) in [5, 5.41) is 6.38. The molecule has 0 fully saturated rings. The van der Waals surface area contributed by atoms with Crippen LogP contribution in [0.15, 0.2) is 107 Å². The molecule has 10 rings (SSSR count). The van der Waals surface area contributed by atoms with E-state index in [1.54, 1.807) is 0 Å². The maximum absolute atomic E-state index is 14.5. The summed E-state index contributed by atoms with van der Waals surface area (Å²) >= 11 is 0. The van der Waals surface area contributed by atoms with Gasteiger partial charge in [0.05, 0.1) is 46.1 Å². The van der Waals surface area contributed by atoms with E-state index >= 15 is 0 Å². The van der Waals surface area contributed by atoms with Crippen LogP contribution in [0.1, 0.15) is 45.2 Å². The summed E-state index contributed by atoms with van der Waals surface area (Å²) in [6.07, 6.45) is 8.61. The third-order valence-corrected chi connectivity index (χ3v) is 11.4. The van der Waals surface area contributed by atoms with E-state index in [1.807, 2.05) is 127 Å². The summed E-state index contributed by atoms with van der Waals surface area (Å²) in [5.41, 5.74) is 3.63. The Labute approximate surface area is 328 Å². The van der Waals surface area contributed by atoms with Gasteiger partial charge in [-0.05, 0) is 97.8 Å². The molecule has 0 saturated carbocycles. The zero-order chi connectivity index (χ0) is 39.4. The number of pyridine rings is 2. The number of fused-ring (bicyclic) bond motifs is 10. The van der Waals surface area contributed by atoms with Gasteiger partial charge in [0.15, 0.2) is 0 Å². The molecule has 8 aromatic rings. The summed E-state index contributed by atoms with van der Waals surface area (Å²) in [7, 11) is 3.98. The molecule has 0 aliphatic carbocycles. The van der Waals surface area contributed by atoms with Gasteiger partial charge in [-0.1, -0.05) is 48.5 Å². The molecule has 0 N–H and O–H groups in total. The fourth-order valence-corrected chi connectivity index (χ4v) is 8.64. The SMILES string of the molecule is Cn1c2cc3ccccc3cc2c(=O)c2c(OCCCOc3cc4c(c5c3c(=O)c3cc6ccccc6cc3n5C)C=CC(C)(C)O4)cc3c(c21)C=CC(C)(C)O3. The molecular weight excluding hydrogens is 713 g/mol. The number of ether oxygens (including phenoxy) is 4. The van der Waals surface area contributed by atoms with E-state index in [-0.39, 0.29) is 24.1 Å². The first-order valence-corrected chi connectivity index (χ1v) is 19.4. The summed E-state index contributed by atoms with van der Waals surface area (Å²) in [6.45, 7) is 8.54. The van der Waals surface area contributed by atoms with Crippen molar-refractivity contribution >= 4 is 77.3 Å². The van der Waals surface area contributed by atoms with Crippen molar-refractivity contribution in [3.63, 3.8) is 0 Å². The van der Waals surface area contributed by atoms with Crippen LogP contribution < -0.4 is 29.8 Å². The molecule has 8 nitrogen and oxygen atoms in total. The van der Waals surface area contributed by atoms with Crippen LogP contribution >= 0.6 is 0 Å². The van der Waals surface area contributed by atoms with Gasteiger partial charge in [-0.15, -0.1) is 0 Å². The lowest BCUT2D eigenvalue weighted by atomic mass is 9.97. The second-order valence-electron chi connectivity index (χ2n) is 16.4. The highest BCUT2D eigenvalue weighted by Crippen LogP contribution is 2.43. The van der Waals surface area contributed by atoms with Gasteiger partial charge in [-0.2, -0.15) is 0 Å². The van der Waals surface area contributed by atoms with Crippen molar-refractivity contribution in [1.29, 1.82) is 0 Å². The number of hydrogen-bond acceptors (Lipinski definition) is 6. The van der Waals surface area contributed by atoms with Crippen molar-refractivity contribution in [3.8, 4) is 23.0 Å². The third kappa shape index (κ3) is 5.57. The summed E-state index contributed by atoms with van der Waals surface area (Å²) < 4.78 is 30.1. The van der Waals surface area contributed by atoms with Crippen molar-refractivity contribution in [2.45, 2.75) is 45.3 Å². The standard InChI is InChI=1S/C49H42N2O6/c1-48(2)18-16-32-38(56-48)26-40(42-44(32)50(5)36-24-30-14-9-7-12-28(30)22-34(36)46(42)52)54-20-11-21-55-41-27-39-33(17-19-49(3,4)57-39)45-43(41)47(53)35-23-29-13-8-10-15-31(29)25-37(35)51(45)6/h7-10,12-19,22-27H,11,20-21H2,1-6H3. The van der Waals surface area contributed by atoms with Crippen LogP contribution in [0.5, 0.6) is 23.0 Å². The minimum absolute atomic E-state index is 0.0931. The predicted octanol–water partition coefficient (Wildman–Crippen LogP) is 10.2. The second kappa shape index (κ2) is 12.5. The maximum atomic E-state index is 14.5. The van der Waals surface area contributed by atoms with E-state index in [4.69, 9.17) is 18.9 Å². The van der Waals surface area contributed by atoms with Gasteiger partial charge in [-0.25, -0.2) is 0 Å². The van der Waals surface area contributed by atoms with Crippen LogP contribution in [0.2, 0.25) is 0 Å². The minimum Gasteiger partial charge on any atom is -0.492 e. The number of rotatable bonds is 6. The van der Waals surface area contributed by atoms with Crippen molar-refractivity contribution in [2.24, 2.45) is 14.1 Å². The fraction of sp³-hybridized carbons (Fsp3) is 0.224. The van der Waals surface area contributed by atoms with E-state index in [2.05, 4.69) is 33.4 Å². The fourth-order valence-electron chi connectivity index (χ4n) is 8.64. The average molecular weight is 755 g/mol.